The van der Waals surface area contributed by atoms with E-state index in [1.54, 1.807) is 27.7 Å². The van der Waals surface area contributed by atoms with E-state index in [0.717, 1.165) is 4.90 Å². The Morgan fingerprint density at radius 1 is 0.686 bits per heavy atom. The summed E-state index contributed by atoms with van der Waals surface area (Å²) in [6, 6.07) is 0. The summed E-state index contributed by atoms with van der Waals surface area (Å²) in [6.07, 6.45) is 4.39. The first-order chi connectivity index (χ1) is 16.4. The van der Waals surface area contributed by atoms with Crippen molar-refractivity contribution in [1.29, 1.82) is 0 Å². The van der Waals surface area contributed by atoms with Crippen LogP contribution in [0.2, 0.25) is 0 Å². The summed E-state index contributed by atoms with van der Waals surface area (Å²) in [6.45, 7) is 9.39. The van der Waals surface area contributed by atoms with Gasteiger partial charge >= 0.3 is 0 Å². The molecule has 1 aliphatic rings. The summed E-state index contributed by atoms with van der Waals surface area (Å²) in [5.41, 5.74) is 19.2. The van der Waals surface area contributed by atoms with Crippen molar-refractivity contribution < 1.29 is 28.8 Å². The Morgan fingerprint density at radius 3 is 1.17 bits per heavy atom. The zero-order valence-electron chi connectivity index (χ0n) is 21.5. The fraction of sp³-hybridized carbons (Fsp3) is 0.619. The molecule has 0 fully saturated rings. The van der Waals surface area contributed by atoms with Gasteiger partial charge in [0.25, 0.3) is 11.8 Å². The summed E-state index contributed by atoms with van der Waals surface area (Å²) in [5.74, 6) is -0.703. The van der Waals surface area contributed by atoms with Gasteiger partial charge in [-0.3, -0.25) is 28.9 Å². The van der Waals surface area contributed by atoms with Crippen LogP contribution in [0.3, 0.4) is 0 Å². The number of Topliss-reactive ketones (excluding diaryl/α,β-unsaturated/α-hetero) is 1. The van der Waals surface area contributed by atoms with E-state index in [4.69, 9.17) is 11.5 Å². The second-order valence-corrected chi connectivity index (χ2v) is 6.16. The van der Waals surface area contributed by atoms with E-state index in [2.05, 4.69) is 27.4 Å². The first-order valence-electron chi connectivity index (χ1n) is 11.1. The van der Waals surface area contributed by atoms with Crippen molar-refractivity contribution in [2.75, 3.05) is 26.7 Å². The number of hydrogen-bond acceptors (Lipinski definition) is 10. The van der Waals surface area contributed by atoms with Crippen LogP contribution in [0.4, 0.5) is 0 Å². The van der Waals surface area contributed by atoms with Crippen molar-refractivity contribution in [2.24, 2.45) is 22.9 Å². The lowest BCUT2D eigenvalue weighted by Gasteiger charge is -2.13. The predicted molar refractivity (Wildman–Crippen MR) is 133 cm³/mol. The highest BCUT2D eigenvalue weighted by atomic mass is 16.2. The fourth-order valence-electron chi connectivity index (χ4n) is 1.36. The molecule has 0 radical (unpaired) electrons. The number of rotatable bonds is 8. The van der Waals surface area contributed by atoms with Crippen molar-refractivity contribution in [3.63, 3.8) is 0 Å². The van der Waals surface area contributed by atoms with Gasteiger partial charge in [0.05, 0.1) is 13.3 Å². The van der Waals surface area contributed by atoms with Crippen LogP contribution in [-0.4, -0.2) is 66.9 Å². The predicted octanol–water partition coefficient (Wildman–Crippen LogP) is -1.90. The maximum atomic E-state index is 11.0. The number of carbonyl (C=O) groups is 6. The highest BCUT2D eigenvalue weighted by molar-refractivity contribution is 6.12. The molecule has 0 aliphatic carbocycles. The second kappa shape index (κ2) is 28.8. The summed E-state index contributed by atoms with van der Waals surface area (Å²) < 4.78 is 0. The summed E-state index contributed by atoms with van der Waals surface area (Å²) in [7, 11) is 0. The minimum atomic E-state index is -0.388. The molecule has 0 atom stereocenters. The van der Waals surface area contributed by atoms with Crippen LogP contribution in [0.5, 0.6) is 0 Å². The number of hydrogen-bond donors (Lipinski definition) is 7. The van der Waals surface area contributed by atoms with Gasteiger partial charge < -0.3 is 43.7 Å². The first kappa shape index (κ1) is 39.0. The van der Waals surface area contributed by atoms with Crippen molar-refractivity contribution in [3.05, 3.63) is 12.2 Å². The molecule has 0 aromatic rings. The van der Waals surface area contributed by atoms with Crippen molar-refractivity contribution in [1.82, 2.24) is 20.9 Å². The second-order valence-electron chi connectivity index (χ2n) is 6.16. The van der Waals surface area contributed by atoms with Crippen LogP contribution >= 0.6 is 0 Å². The number of imide groups is 1. The Morgan fingerprint density at radius 2 is 0.971 bits per heavy atom. The summed E-state index contributed by atoms with van der Waals surface area (Å²) in [5, 5.41) is 7.31. The van der Waals surface area contributed by atoms with Gasteiger partial charge in [-0.25, -0.2) is 0 Å². The van der Waals surface area contributed by atoms with Crippen LogP contribution in [0.1, 0.15) is 60.3 Å². The number of nitrogens with two attached hydrogens (primary N) is 4. The first-order valence-corrected chi connectivity index (χ1v) is 11.1. The van der Waals surface area contributed by atoms with Gasteiger partial charge in [0.15, 0.2) is 0 Å². The van der Waals surface area contributed by atoms with Crippen LogP contribution < -0.4 is 38.9 Å². The van der Waals surface area contributed by atoms with Gasteiger partial charge in [0, 0.05) is 44.5 Å². The van der Waals surface area contributed by atoms with Gasteiger partial charge in [-0.1, -0.05) is 27.7 Å². The van der Waals surface area contributed by atoms with E-state index in [9.17, 15) is 28.8 Å². The summed E-state index contributed by atoms with van der Waals surface area (Å²) in [4.78, 5) is 63.9. The molecule has 1 rings (SSSR count). The molecule has 1 heterocycles. The lowest BCUT2D eigenvalue weighted by molar-refractivity contribution is -0.138. The quantitative estimate of drug-likeness (QED) is 0.143. The number of amides is 5. The molecule has 0 saturated carbocycles. The van der Waals surface area contributed by atoms with Crippen molar-refractivity contribution in [3.8, 4) is 0 Å². The molecule has 0 bridgehead atoms. The monoisotopic (exact) mass is 504 g/mol. The van der Waals surface area contributed by atoms with Gasteiger partial charge in [0.2, 0.25) is 17.7 Å². The molecule has 0 spiro atoms. The molecular formula is C21H44N8O6. The van der Waals surface area contributed by atoms with E-state index in [0.29, 0.717) is 25.7 Å². The van der Waals surface area contributed by atoms with E-state index in [1.165, 1.54) is 12.2 Å². The third kappa shape index (κ3) is 30.8. The Bertz CT molecular complexity index is 620. The molecule has 35 heavy (non-hydrogen) atoms. The number of ketones is 1. The zero-order chi connectivity index (χ0) is 28.2. The normalized spacial score (nSPS) is 10.6. The topological polar surface area (TPSA) is 246 Å². The third-order valence-corrected chi connectivity index (χ3v) is 3.39. The largest absolute Gasteiger partial charge is 0.344 e. The fourth-order valence-corrected chi connectivity index (χ4v) is 1.36. The van der Waals surface area contributed by atoms with Crippen LogP contribution in [0.15, 0.2) is 12.2 Å². The minimum absolute atomic E-state index is 0.00231. The van der Waals surface area contributed by atoms with Gasteiger partial charge in [-0.15, -0.1) is 0 Å². The van der Waals surface area contributed by atoms with E-state index >= 15 is 0 Å². The van der Waals surface area contributed by atoms with Crippen molar-refractivity contribution >= 4 is 35.3 Å². The molecule has 0 unspecified atom stereocenters. The Balaban J connectivity index is -0.000000188. The van der Waals surface area contributed by atoms with E-state index in [1.807, 2.05) is 6.92 Å². The molecule has 14 heteroatoms. The molecule has 1 aliphatic heterocycles. The van der Waals surface area contributed by atoms with E-state index in [-0.39, 0.29) is 62.0 Å². The zero-order valence-corrected chi connectivity index (χ0v) is 21.5. The van der Waals surface area contributed by atoms with Gasteiger partial charge in [0.1, 0.15) is 12.5 Å². The standard InChI is InChI=1S/C8H10N2O3.2C4H10N2O.C4H8O.CH6N2/c1-2-6(11)9-5-10-7(12)3-4-8(10)13;2*1-2-4(7)6-3-5;1-3-4(2)5;2-1-3/h3-4H,2,5H2,1H3,(H,9,11);2*2-3,5H2,1H3,(H,6,7);3H2,1-2H3;1-3H2. The lowest BCUT2D eigenvalue weighted by Crippen LogP contribution is -2.40. The number of nitrogens with one attached hydrogen (secondary N) is 3. The molecule has 0 aromatic carbocycles. The van der Waals surface area contributed by atoms with E-state index < -0.39 is 0 Å². The highest BCUT2D eigenvalue weighted by Crippen LogP contribution is 2.00. The molecule has 0 aromatic heterocycles. The summed E-state index contributed by atoms with van der Waals surface area (Å²) >= 11 is 0. The Hall–Kier alpha value is -3.20. The molecule has 204 valence electrons. The van der Waals surface area contributed by atoms with Gasteiger partial charge in [-0.05, 0) is 6.92 Å². The molecule has 14 nitrogen and oxygen atoms in total. The molecule has 5 amide bonds. The lowest BCUT2D eigenvalue weighted by atomic mass is 10.4. The smallest absolute Gasteiger partial charge is 0.255 e. The Kier molecular flexibility index (Phi) is 32.2. The van der Waals surface area contributed by atoms with Crippen LogP contribution in [0.25, 0.3) is 0 Å². The van der Waals surface area contributed by atoms with Crippen LogP contribution in [0, 0.1) is 0 Å². The molecule has 11 N–H and O–H groups in total. The van der Waals surface area contributed by atoms with Gasteiger partial charge in [-0.2, -0.15) is 0 Å². The number of nitrogens with zero attached hydrogens (tertiary/aromatic N) is 1. The average molecular weight is 505 g/mol. The average Bonchev–Trinajstić information content (AvgIpc) is 3.16. The molecular weight excluding hydrogens is 460 g/mol. The van der Waals surface area contributed by atoms with Crippen molar-refractivity contribution in [2.45, 2.75) is 60.3 Å². The number of carbonyl (C=O) groups excluding carboxylic acids is 6. The third-order valence-electron chi connectivity index (χ3n) is 3.39. The Labute approximate surface area is 207 Å². The maximum Gasteiger partial charge on any atom is 0.255 e. The molecule has 0 saturated heterocycles. The maximum absolute atomic E-state index is 11.0. The highest BCUT2D eigenvalue weighted by Gasteiger charge is 2.22. The van der Waals surface area contributed by atoms with Crippen LogP contribution in [-0.2, 0) is 28.8 Å². The minimum Gasteiger partial charge on any atom is -0.344 e. The SMILES string of the molecule is CCC(=O)NCN.CCC(=O)NCN.CCC(=O)NCN1C(=O)C=CC1=O.CCC(C)=O.NCN.